The number of fused-ring (bicyclic) bond motifs is 1. The lowest BCUT2D eigenvalue weighted by atomic mass is 9.99. The molecule has 11 heteroatoms. The zero-order valence-electron chi connectivity index (χ0n) is 19.5. The molecule has 0 aliphatic heterocycles. The molecule has 3 rings (SSSR count). The first-order valence-electron chi connectivity index (χ1n) is 10.5. The highest BCUT2D eigenvalue weighted by Gasteiger charge is 2.31. The van der Waals surface area contributed by atoms with Crippen LogP contribution < -0.4 is 10.9 Å². The van der Waals surface area contributed by atoms with Gasteiger partial charge < -0.3 is 14.8 Å². The van der Waals surface area contributed by atoms with Gasteiger partial charge in [0.2, 0.25) is 0 Å². The predicted molar refractivity (Wildman–Crippen MR) is 121 cm³/mol. The minimum atomic E-state index is -4.65. The lowest BCUT2D eigenvalue weighted by Crippen LogP contribution is -2.45. The fraction of sp³-hybridized carbons (Fsp3) is 0.333. The summed E-state index contributed by atoms with van der Waals surface area (Å²) in [6.07, 6.45) is -3.01. The van der Waals surface area contributed by atoms with E-state index in [2.05, 4.69) is 10.3 Å². The number of amides is 1. The molecule has 35 heavy (non-hydrogen) atoms. The highest BCUT2D eigenvalue weighted by atomic mass is 19.4. The Bertz CT molecular complexity index is 1310. The molecule has 0 fully saturated rings. The van der Waals surface area contributed by atoms with Gasteiger partial charge in [-0.15, -0.1) is 0 Å². The van der Waals surface area contributed by atoms with Crippen LogP contribution in [0.5, 0.6) is 0 Å². The summed E-state index contributed by atoms with van der Waals surface area (Å²) in [6, 6.07) is 6.89. The van der Waals surface area contributed by atoms with Gasteiger partial charge in [-0.2, -0.15) is 13.2 Å². The number of esters is 1. The normalized spacial score (nSPS) is 12.8. The van der Waals surface area contributed by atoms with Crippen LogP contribution in [-0.4, -0.2) is 40.4 Å². The Balaban J connectivity index is 2.01. The number of hydrogen-bond acceptors (Lipinski definition) is 6. The van der Waals surface area contributed by atoms with Crippen molar-refractivity contribution in [2.45, 2.75) is 45.0 Å². The molecule has 1 N–H and O–H groups in total. The molecule has 1 atom stereocenters. The van der Waals surface area contributed by atoms with Crippen LogP contribution in [-0.2, 0) is 26.9 Å². The fourth-order valence-corrected chi connectivity index (χ4v) is 3.46. The number of alkyl carbamates (subject to hydrolysis) is 1. The number of nitrogens with one attached hydrogen (secondary N) is 1. The average molecular weight is 491 g/mol. The molecule has 1 aromatic carbocycles. The molecule has 0 aliphatic rings. The van der Waals surface area contributed by atoms with Crippen molar-refractivity contribution in [2.24, 2.45) is 0 Å². The Morgan fingerprint density at radius 3 is 2.43 bits per heavy atom. The monoisotopic (exact) mass is 491 g/mol. The molecule has 0 bridgehead atoms. The fourth-order valence-electron chi connectivity index (χ4n) is 3.46. The molecular weight excluding hydrogens is 467 g/mol. The third kappa shape index (κ3) is 6.17. The number of benzene rings is 1. The van der Waals surface area contributed by atoms with Crippen molar-refractivity contribution >= 4 is 22.8 Å². The van der Waals surface area contributed by atoms with Crippen LogP contribution in [0.25, 0.3) is 16.6 Å². The van der Waals surface area contributed by atoms with E-state index >= 15 is 0 Å². The maximum atomic E-state index is 13.0. The molecule has 0 saturated heterocycles. The van der Waals surface area contributed by atoms with Crippen LogP contribution in [0.3, 0.4) is 0 Å². The molecule has 0 aliphatic carbocycles. The number of ether oxygens (including phenoxy) is 2. The molecule has 0 saturated carbocycles. The SMILES string of the molecule is COC(=O)[C@H](Cc1cccc2c(-n3ccc(C(F)(F)F)cc3=O)nccc12)NC(=O)OC(C)(C)C. The lowest BCUT2D eigenvalue weighted by Gasteiger charge is -2.23. The summed E-state index contributed by atoms with van der Waals surface area (Å²) in [5.41, 5.74) is -2.13. The molecule has 8 nitrogen and oxygen atoms in total. The minimum Gasteiger partial charge on any atom is -0.467 e. The third-order valence-electron chi connectivity index (χ3n) is 4.95. The van der Waals surface area contributed by atoms with Gasteiger partial charge >= 0.3 is 18.2 Å². The van der Waals surface area contributed by atoms with E-state index in [0.29, 0.717) is 22.4 Å². The second kappa shape index (κ2) is 9.77. The number of nitrogens with zero attached hydrogens (tertiary/aromatic N) is 2. The van der Waals surface area contributed by atoms with E-state index in [0.717, 1.165) is 16.8 Å². The topological polar surface area (TPSA) is 99.5 Å². The van der Waals surface area contributed by atoms with Crippen molar-refractivity contribution < 1.29 is 32.2 Å². The molecule has 3 aromatic rings. The zero-order valence-corrected chi connectivity index (χ0v) is 19.5. The maximum Gasteiger partial charge on any atom is 0.416 e. The van der Waals surface area contributed by atoms with Crippen molar-refractivity contribution in [3.8, 4) is 5.82 Å². The summed E-state index contributed by atoms with van der Waals surface area (Å²) in [4.78, 5) is 41.3. The minimum absolute atomic E-state index is 0.0224. The lowest BCUT2D eigenvalue weighted by molar-refractivity contribution is -0.143. The number of aromatic nitrogens is 2. The van der Waals surface area contributed by atoms with E-state index < -0.39 is 41.0 Å². The van der Waals surface area contributed by atoms with E-state index in [1.807, 2.05) is 0 Å². The first-order valence-corrected chi connectivity index (χ1v) is 10.5. The van der Waals surface area contributed by atoms with Gasteiger partial charge in [0.05, 0.1) is 12.7 Å². The van der Waals surface area contributed by atoms with E-state index in [1.54, 1.807) is 45.0 Å². The van der Waals surface area contributed by atoms with Crippen LogP contribution in [0.2, 0.25) is 0 Å². The largest absolute Gasteiger partial charge is 0.467 e. The van der Waals surface area contributed by atoms with Gasteiger partial charge in [0.1, 0.15) is 17.5 Å². The Morgan fingerprint density at radius 2 is 1.83 bits per heavy atom. The summed E-state index contributed by atoms with van der Waals surface area (Å²) >= 11 is 0. The van der Waals surface area contributed by atoms with Crippen molar-refractivity contribution in [3.05, 3.63) is 70.3 Å². The van der Waals surface area contributed by atoms with E-state index in [1.165, 1.54) is 13.3 Å². The smallest absolute Gasteiger partial charge is 0.416 e. The number of carbonyl (C=O) groups excluding carboxylic acids is 2. The number of rotatable bonds is 5. The first-order chi connectivity index (χ1) is 16.3. The van der Waals surface area contributed by atoms with Crippen molar-refractivity contribution in [1.82, 2.24) is 14.9 Å². The van der Waals surface area contributed by atoms with Crippen LogP contribution in [0.15, 0.2) is 53.6 Å². The summed E-state index contributed by atoms with van der Waals surface area (Å²) in [5, 5.41) is 3.55. The van der Waals surface area contributed by atoms with Crippen LogP contribution in [0.1, 0.15) is 31.9 Å². The Morgan fingerprint density at radius 1 is 1.11 bits per heavy atom. The van der Waals surface area contributed by atoms with E-state index in [4.69, 9.17) is 9.47 Å². The van der Waals surface area contributed by atoms with E-state index in [-0.39, 0.29) is 12.2 Å². The van der Waals surface area contributed by atoms with Gasteiger partial charge in [-0.1, -0.05) is 18.2 Å². The van der Waals surface area contributed by atoms with Gasteiger partial charge in [0.15, 0.2) is 0 Å². The molecule has 0 spiro atoms. The Kier molecular flexibility index (Phi) is 7.18. The summed E-state index contributed by atoms with van der Waals surface area (Å²) < 4.78 is 49.9. The third-order valence-corrected chi connectivity index (χ3v) is 4.95. The molecule has 0 unspecified atom stereocenters. The molecule has 2 heterocycles. The quantitative estimate of drug-likeness (QED) is 0.542. The molecular formula is C24H24F3N3O5. The van der Waals surface area contributed by atoms with Gasteiger partial charge in [0, 0.05) is 30.3 Å². The van der Waals surface area contributed by atoms with Crippen LogP contribution in [0, 0.1) is 0 Å². The Hall–Kier alpha value is -3.89. The standard InChI is InChI=1S/C24H24F3N3O5/c1-23(2,3)35-22(33)29-18(21(32)34-4)12-14-6-5-7-17-16(14)8-10-28-20(17)30-11-9-15(13-19(30)31)24(25,26)27/h5-11,13,18H,12H2,1-4H3,(H,29,33)/t18-/m0/s1. The molecule has 1 amide bonds. The van der Waals surface area contributed by atoms with E-state index in [9.17, 15) is 27.6 Å². The number of alkyl halides is 3. The summed E-state index contributed by atoms with van der Waals surface area (Å²) in [6.45, 7) is 5.05. The predicted octanol–water partition coefficient (Wildman–Crippen LogP) is 4.01. The second-order valence-electron chi connectivity index (χ2n) is 8.69. The Labute approximate surface area is 198 Å². The first kappa shape index (κ1) is 25.7. The molecule has 0 radical (unpaired) electrons. The highest BCUT2D eigenvalue weighted by molar-refractivity contribution is 5.92. The summed E-state index contributed by atoms with van der Waals surface area (Å²) in [5.74, 6) is -0.570. The molecule has 186 valence electrons. The van der Waals surface area contributed by atoms with Crippen molar-refractivity contribution in [2.75, 3.05) is 7.11 Å². The van der Waals surface area contributed by atoms with Gasteiger partial charge in [-0.3, -0.25) is 9.36 Å². The van der Waals surface area contributed by atoms with Gasteiger partial charge in [-0.05, 0) is 43.9 Å². The number of halogens is 3. The maximum absolute atomic E-state index is 13.0. The van der Waals surface area contributed by atoms with Gasteiger partial charge in [0.25, 0.3) is 5.56 Å². The zero-order chi connectivity index (χ0) is 26.0. The van der Waals surface area contributed by atoms with Crippen LogP contribution >= 0.6 is 0 Å². The number of methoxy groups -OCH3 is 1. The summed E-state index contributed by atoms with van der Waals surface area (Å²) in [7, 11) is 1.19. The second-order valence-corrected chi connectivity index (χ2v) is 8.69. The number of hydrogen-bond donors (Lipinski definition) is 1. The number of pyridine rings is 2. The number of carbonyl (C=O) groups is 2. The van der Waals surface area contributed by atoms with Crippen molar-refractivity contribution in [1.29, 1.82) is 0 Å². The van der Waals surface area contributed by atoms with Crippen molar-refractivity contribution in [3.63, 3.8) is 0 Å². The highest BCUT2D eigenvalue weighted by Crippen LogP contribution is 2.29. The van der Waals surface area contributed by atoms with Gasteiger partial charge in [-0.25, -0.2) is 14.6 Å². The molecule has 2 aromatic heterocycles. The van der Waals surface area contributed by atoms with Crippen LogP contribution in [0.4, 0.5) is 18.0 Å². The average Bonchev–Trinajstić information content (AvgIpc) is 2.76.